The van der Waals surface area contributed by atoms with E-state index in [2.05, 4.69) is 41.6 Å². The van der Waals surface area contributed by atoms with Crippen LogP contribution in [0.2, 0.25) is 0 Å². The maximum absolute atomic E-state index is 13.6. The number of aromatic nitrogens is 5. The molecule has 0 radical (unpaired) electrons. The highest BCUT2D eigenvalue weighted by Crippen LogP contribution is 2.39. The highest BCUT2D eigenvalue weighted by Gasteiger charge is 2.32. The van der Waals surface area contributed by atoms with Crippen LogP contribution in [0.1, 0.15) is 103 Å². The lowest BCUT2D eigenvalue weighted by atomic mass is 9.85. The van der Waals surface area contributed by atoms with Crippen molar-refractivity contribution < 1.29 is 19.1 Å². The van der Waals surface area contributed by atoms with Crippen molar-refractivity contribution >= 4 is 29.5 Å². The Labute approximate surface area is 299 Å². The van der Waals surface area contributed by atoms with Gasteiger partial charge in [0.1, 0.15) is 23.3 Å². The van der Waals surface area contributed by atoms with Gasteiger partial charge in [0.05, 0.1) is 23.6 Å². The minimum absolute atomic E-state index is 0.202. The topological polar surface area (TPSA) is 128 Å². The summed E-state index contributed by atoms with van der Waals surface area (Å²) in [5.41, 5.74) is 4.58. The first-order chi connectivity index (χ1) is 24.1. The quantitative estimate of drug-likeness (QED) is 0.175. The molecule has 12 nitrogen and oxygen atoms in total. The Morgan fingerprint density at radius 2 is 1.63 bits per heavy atom. The Hall–Kier alpha value is -5.39. The van der Waals surface area contributed by atoms with Crippen molar-refractivity contribution in [3.05, 3.63) is 95.3 Å². The molecule has 0 spiro atoms. The van der Waals surface area contributed by atoms with Gasteiger partial charge in [0.25, 0.3) is 0 Å². The number of nitrogens with zero attached hydrogens (tertiary/aromatic N) is 6. The summed E-state index contributed by atoms with van der Waals surface area (Å²) in [7, 11) is 0. The summed E-state index contributed by atoms with van der Waals surface area (Å²) in [5.74, 6) is 1.54. The monoisotopic (exact) mass is 692 g/mol. The molecule has 12 heteroatoms. The Bertz CT molecular complexity index is 2030. The average Bonchev–Trinajstić information content (AvgIpc) is 3.66. The normalized spacial score (nSPS) is 16.1. The number of fused-ring (bicyclic) bond motifs is 2. The number of carbonyl (C=O) groups is 2. The molecule has 0 saturated carbocycles. The Kier molecular flexibility index (Phi) is 9.54. The number of ether oxygens (including phenoxy) is 2. The molecule has 1 aliphatic rings. The second kappa shape index (κ2) is 13.7. The van der Waals surface area contributed by atoms with Crippen LogP contribution >= 0.6 is 0 Å². The number of aryl methyl sites for hydroxylation is 1. The molecule has 0 unspecified atom stereocenters. The number of nitrogens with one attached hydrogen (secondary N) is 2. The van der Waals surface area contributed by atoms with E-state index in [0.29, 0.717) is 36.0 Å². The predicted octanol–water partition coefficient (Wildman–Crippen LogP) is 8.45. The van der Waals surface area contributed by atoms with E-state index >= 15 is 0 Å². The second-order valence-corrected chi connectivity index (χ2v) is 15.4. The summed E-state index contributed by atoms with van der Waals surface area (Å²) >= 11 is 0. The fourth-order valence-corrected chi connectivity index (χ4v) is 6.14. The molecule has 0 saturated heterocycles. The third-order valence-electron chi connectivity index (χ3n) is 8.70. The van der Waals surface area contributed by atoms with Crippen LogP contribution in [0.5, 0.6) is 5.75 Å². The van der Waals surface area contributed by atoms with Gasteiger partial charge in [0, 0.05) is 17.5 Å². The van der Waals surface area contributed by atoms with Gasteiger partial charge >= 0.3 is 12.1 Å². The SMILES string of the molecule is Cc1ccc(-n2nc(C(C)(C)C)cc2NC(=O)N[C@@H]2CC[C@H](Oc3ccc4nnc(N(C(=O)OC(C)(C)C)C(C)C)n4c3)c3ccccc32)cc1. The second-order valence-electron chi connectivity index (χ2n) is 15.4. The third kappa shape index (κ3) is 7.84. The van der Waals surface area contributed by atoms with Crippen molar-refractivity contribution in [2.75, 3.05) is 10.2 Å². The van der Waals surface area contributed by atoms with Crippen molar-refractivity contribution in [1.82, 2.24) is 29.7 Å². The zero-order chi connectivity index (χ0) is 36.7. The number of amides is 3. The van der Waals surface area contributed by atoms with Crippen molar-refractivity contribution in [3.63, 3.8) is 0 Å². The molecule has 2 N–H and O–H groups in total. The van der Waals surface area contributed by atoms with Crippen LogP contribution in [0.3, 0.4) is 0 Å². The maximum atomic E-state index is 13.6. The Morgan fingerprint density at radius 1 is 0.922 bits per heavy atom. The van der Waals surface area contributed by atoms with E-state index in [1.54, 1.807) is 15.3 Å². The van der Waals surface area contributed by atoms with Gasteiger partial charge in [0.15, 0.2) is 5.65 Å². The van der Waals surface area contributed by atoms with E-state index < -0.39 is 11.7 Å². The van der Waals surface area contributed by atoms with Gasteiger partial charge in [-0.3, -0.25) is 9.72 Å². The smallest absolute Gasteiger partial charge is 0.417 e. The number of hydrogen-bond donors (Lipinski definition) is 2. The summed E-state index contributed by atoms with van der Waals surface area (Å²) < 4.78 is 15.8. The van der Waals surface area contributed by atoms with Crippen molar-refractivity contribution in [2.24, 2.45) is 0 Å². The molecule has 2 atom stereocenters. The van der Waals surface area contributed by atoms with Crippen molar-refractivity contribution in [1.29, 1.82) is 0 Å². The molecule has 1 aliphatic carbocycles. The molecular formula is C39H48N8O4. The molecular weight excluding hydrogens is 644 g/mol. The lowest BCUT2D eigenvalue weighted by Crippen LogP contribution is -2.42. The first-order valence-corrected chi connectivity index (χ1v) is 17.4. The van der Waals surface area contributed by atoms with Gasteiger partial charge in [-0.05, 0) is 89.8 Å². The lowest BCUT2D eigenvalue weighted by molar-refractivity contribution is 0.0567. The van der Waals surface area contributed by atoms with Gasteiger partial charge in [-0.15, -0.1) is 10.2 Å². The minimum Gasteiger partial charge on any atom is -0.484 e. The van der Waals surface area contributed by atoms with Gasteiger partial charge in [0.2, 0.25) is 5.95 Å². The van der Waals surface area contributed by atoms with Crippen LogP contribution in [-0.2, 0) is 10.2 Å². The number of rotatable bonds is 7. The highest BCUT2D eigenvalue weighted by atomic mass is 16.6. The number of urea groups is 1. The van der Waals surface area contributed by atoms with Crippen LogP contribution in [0, 0.1) is 6.92 Å². The highest BCUT2D eigenvalue weighted by molar-refractivity contribution is 5.89. The fourth-order valence-electron chi connectivity index (χ4n) is 6.14. The maximum Gasteiger partial charge on any atom is 0.417 e. The molecule has 3 aromatic heterocycles. The van der Waals surface area contributed by atoms with Crippen LogP contribution in [0.25, 0.3) is 11.3 Å². The summed E-state index contributed by atoms with van der Waals surface area (Å²) in [5, 5.41) is 19.7. The van der Waals surface area contributed by atoms with Crippen molar-refractivity contribution in [3.8, 4) is 11.4 Å². The third-order valence-corrected chi connectivity index (χ3v) is 8.70. The standard InChI is InChI=1S/C39H48N8O4/c1-24(2)46(37(49)51-39(7,8)9)36-43-42-33-21-18-27(23-45(33)36)50-31-20-19-30(28-12-10-11-13-29(28)31)40-35(48)41-34-22-32(38(4,5)6)44-47(34)26-16-14-25(3)15-17-26/h10-18,21-24,30-31H,19-20H2,1-9H3,(H2,40,41,48)/t30-,31+/m1/s1. The molecule has 2 aromatic carbocycles. The number of benzene rings is 2. The number of carbonyl (C=O) groups excluding carboxylic acids is 2. The molecule has 5 aromatic rings. The fraction of sp³-hybridized carbons (Fsp3) is 0.410. The molecule has 0 bridgehead atoms. The first kappa shape index (κ1) is 35.4. The minimum atomic E-state index is -0.666. The summed E-state index contributed by atoms with van der Waals surface area (Å²) in [6.07, 6.45) is 2.37. The average molecular weight is 693 g/mol. The van der Waals surface area contributed by atoms with Crippen LogP contribution in [0.15, 0.2) is 72.9 Å². The molecule has 0 aliphatic heterocycles. The molecule has 3 heterocycles. The summed E-state index contributed by atoms with van der Waals surface area (Å²) in [6, 6.07) is 20.9. The van der Waals surface area contributed by atoms with Gasteiger partial charge in [-0.1, -0.05) is 62.7 Å². The Morgan fingerprint density at radius 3 is 2.29 bits per heavy atom. The van der Waals surface area contributed by atoms with E-state index in [0.717, 1.165) is 28.1 Å². The van der Waals surface area contributed by atoms with Gasteiger partial charge in [-0.25, -0.2) is 19.2 Å². The van der Waals surface area contributed by atoms with Gasteiger partial charge < -0.3 is 14.8 Å². The molecule has 0 fully saturated rings. The molecule has 6 rings (SSSR count). The van der Waals surface area contributed by atoms with E-state index in [9.17, 15) is 9.59 Å². The Balaban J connectivity index is 1.21. The van der Waals surface area contributed by atoms with E-state index in [1.165, 1.54) is 4.90 Å². The van der Waals surface area contributed by atoms with Crippen molar-refractivity contribution in [2.45, 2.75) is 104 Å². The zero-order valence-electron chi connectivity index (χ0n) is 30.9. The van der Waals surface area contributed by atoms with E-state index in [-0.39, 0.29) is 29.6 Å². The number of pyridine rings is 1. The van der Waals surface area contributed by atoms with Crippen LogP contribution in [0.4, 0.5) is 21.4 Å². The lowest BCUT2D eigenvalue weighted by Gasteiger charge is -2.32. The largest absolute Gasteiger partial charge is 0.484 e. The van der Waals surface area contributed by atoms with Crippen LogP contribution < -0.4 is 20.3 Å². The van der Waals surface area contributed by atoms with Crippen LogP contribution in [-0.4, -0.2) is 48.1 Å². The summed E-state index contributed by atoms with van der Waals surface area (Å²) in [6.45, 7) is 17.6. The molecule has 268 valence electrons. The van der Waals surface area contributed by atoms with E-state index in [1.807, 2.05) is 108 Å². The van der Waals surface area contributed by atoms with E-state index in [4.69, 9.17) is 14.6 Å². The zero-order valence-corrected chi connectivity index (χ0v) is 30.9. The first-order valence-electron chi connectivity index (χ1n) is 17.4. The number of anilines is 2. The number of hydrogen-bond acceptors (Lipinski definition) is 7. The predicted molar refractivity (Wildman–Crippen MR) is 198 cm³/mol. The van der Waals surface area contributed by atoms with Gasteiger partial charge in [-0.2, -0.15) is 5.10 Å². The summed E-state index contributed by atoms with van der Waals surface area (Å²) in [4.78, 5) is 28.2. The molecule has 3 amide bonds. The molecule has 51 heavy (non-hydrogen) atoms.